The minimum atomic E-state index is 0.0242. The van der Waals surface area contributed by atoms with Crippen LogP contribution in [0.5, 0.6) is 0 Å². The molecule has 190 valence electrons. The lowest BCUT2D eigenvalue weighted by atomic mass is 9.82. The maximum Gasteiger partial charge on any atom is 0.272 e. The summed E-state index contributed by atoms with van der Waals surface area (Å²) in [5.74, 6) is 2.31. The minimum absolute atomic E-state index is 0.0242. The molecule has 1 amide bonds. The molecule has 4 rings (SSSR count). The molecule has 0 bridgehead atoms. The van der Waals surface area contributed by atoms with Gasteiger partial charge in [0.2, 0.25) is 0 Å². The largest absolute Gasteiger partial charge is 0.379 e. The van der Waals surface area contributed by atoms with Crippen LogP contribution in [0.25, 0.3) is 0 Å². The van der Waals surface area contributed by atoms with E-state index in [1.807, 2.05) is 11.8 Å². The Hall–Kier alpha value is -1.77. The van der Waals surface area contributed by atoms with Gasteiger partial charge in [-0.2, -0.15) is 0 Å². The summed E-state index contributed by atoms with van der Waals surface area (Å²) in [5, 5.41) is 3.52. The summed E-state index contributed by atoms with van der Waals surface area (Å²) in [7, 11) is 3.97. The Morgan fingerprint density at radius 1 is 1.24 bits per heavy atom. The van der Waals surface area contributed by atoms with Crippen LogP contribution >= 0.6 is 0 Å². The summed E-state index contributed by atoms with van der Waals surface area (Å²) in [6.07, 6.45) is 9.76. The van der Waals surface area contributed by atoms with E-state index in [9.17, 15) is 4.79 Å². The summed E-state index contributed by atoms with van der Waals surface area (Å²) in [4.78, 5) is 26.6. The minimum Gasteiger partial charge on any atom is -0.379 e. The van der Waals surface area contributed by atoms with Gasteiger partial charge in [0, 0.05) is 51.0 Å². The Bertz CT molecular complexity index is 814. The van der Waals surface area contributed by atoms with Crippen molar-refractivity contribution in [3.63, 3.8) is 0 Å². The topological polar surface area (TPSA) is 79.8 Å². The molecule has 2 aliphatic heterocycles. The number of anilines is 1. The number of piperidine rings is 1. The second-order valence-electron chi connectivity index (χ2n) is 10.6. The summed E-state index contributed by atoms with van der Waals surface area (Å²) < 4.78 is 11.3. The van der Waals surface area contributed by atoms with Crippen molar-refractivity contribution in [1.29, 1.82) is 0 Å². The van der Waals surface area contributed by atoms with Crippen LogP contribution in [0, 0.1) is 18.8 Å². The van der Waals surface area contributed by atoms with Crippen LogP contribution in [0.4, 0.5) is 5.82 Å². The molecule has 2 saturated heterocycles. The molecule has 0 spiro atoms. The first kappa shape index (κ1) is 25.3. The molecule has 0 radical (unpaired) electrons. The molecule has 8 nitrogen and oxygen atoms in total. The Morgan fingerprint density at radius 3 is 2.76 bits per heavy atom. The fourth-order valence-corrected chi connectivity index (χ4v) is 6.12. The summed E-state index contributed by atoms with van der Waals surface area (Å²) in [5.41, 5.74) is 1.39. The number of carbonyl (C=O) groups excluding carboxylic acids is 1. The molecule has 8 heteroatoms. The third-order valence-electron chi connectivity index (χ3n) is 8.31. The van der Waals surface area contributed by atoms with Crippen LogP contribution < -0.4 is 5.32 Å². The van der Waals surface area contributed by atoms with Crippen LogP contribution in [0.1, 0.15) is 67.9 Å². The van der Waals surface area contributed by atoms with Crippen molar-refractivity contribution in [2.45, 2.75) is 77.0 Å². The van der Waals surface area contributed by atoms with Crippen molar-refractivity contribution in [3.8, 4) is 0 Å². The number of ether oxygens (including phenoxy) is 2. The lowest BCUT2D eigenvalue weighted by Gasteiger charge is -2.44. The number of nitrogens with zero attached hydrogens (tertiary/aromatic N) is 4. The first-order chi connectivity index (χ1) is 16.5. The van der Waals surface area contributed by atoms with E-state index in [0.717, 1.165) is 62.8 Å². The predicted molar refractivity (Wildman–Crippen MR) is 133 cm³/mol. The van der Waals surface area contributed by atoms with Crippen molar-refractivity contribution < 1.29 is 14.3 Å². The quantitative estimate of drug-likeness (QED) is 0.650. The summed E-state index contributed by atoms with van der Waals surface area (Å²) >= 11 is 0. The van der Waals surface area contributed by atoms with E-state index in [1.54, 1.807) is 7.11 Å². The van der Waals surface area contributed by atoms with Crippen LogP contribution in [0.15, 0.2) is 6.33 Å². The molecule has 3 aliphatic rings. The number of amides is 1. The fourth-order valence-electron chi connectivity index (χ4n) is 6.12. The van der Waals surface area contributed by atoms with Crippen LogP contribution in [-0.4, -0.2) is 90.9 Å². The van der Waals surface area contributed by atoms with Crippen LogP contribution in [0.2, 0.25) is 0 Å². The molecule has 3 fully saturated rings. The first-order valence-electron chi connectivity index (χ1n) is 13.1. The highest BCUT2D eigenvalue weighted by Gasteiger charge is 2.35. The highest BCUT2D eigenvalue weighted by atomic mass is 16.5. The zero-order chi connectivity index (χ0) is 24.1. The average molecular weight is 474 g/mol. The number of aromatic nitrogens is 2. The molecule has 1 N–H and O–H groups in total. The summed E-state index contributed by atoms with van der Waals surface area (Å²) in [6.45, 7) is 8.18. The van der Waals surface area contributed by atoms with Gasteiger partial charge in [-0.15, -0.1) is 0 Å². The van der Waals surface area contributed by atoms with E-state index in [1.165, 1.54) is 32.0 Å². The molecule has 2 unspecified atom stereocenters. The van der Waals surface area contributed by atoms with Gasteiger partial charge in [0.05, 0.1) is 12.7 Å². The van der Waals surface area contributed by atoms with Crippen molar-refractivity contribution in [2.75, 3.05) is 52.3 Å². The van der Waals surface area contributed by atoms with E-state index in [4.69, 9.17) is 9.47 Å². The van der Waals surface area contributed by atoms with Gasteiger partial charge in [-0.3, -0.25) is 9.69 Å². The number of rotatable bonds is 7. The second-order valence-corrected chi connectivity index (χ2v) is 10.6. The van der Waals surface area contributed by atoms with Gasteiger partial charge in [0.25, 0.3) is 5.91 Å². The number of likely N-dealkylation sites (tertiary alicyclic amines) is 1. The van der Waals surface area contributed by atoms with Crippen molar-refractivity contribution in [1.82, 2.24) is 19.8 Å². The third kappa shape index (κ3) is 5.89. The van der Waals surface area contributed by atoms with Gasteiger partial charge in [0.1, 0.15) is 17.8 Å². The maximum absolute atomic E-state index is 13.4. The van der Waals surface area contributed by atoms with E-state index in [2.05, 4.69) is 34.2 Å². The van der Waals surface area contributed by atoms with Crippen molar-refractivity contribution in [3.05, 3.63) is 17.6 Å². The lowest BCUT2D eigenvalue weighted by molar-refractivity contribution is -0.0891. The molecule has 3 heterocycles. The average Bonchev–Trinajstić information content (AvgIpc) is 2.87. The van der Waals surface area contributed by atoms with Crippen LogP contribution in [0.3, 0.4) is 0 Å². The number of carbonyl (C=O) groups is 1. The normalized spacial score (nSPS) is 28.8. The molecular weight excluding hydrogens is 430 g/mol. The van der Waals surface area contributed by atoms with Gasteiger partial charge in [0.15, 0.2) is 0 Å². The van der Waals surface area contributed by atoms with Gasteiger partial charge in [-0.05, 0) is 57.9 Å². The van der Waals surface area contributed by atoms with E-state index < -0.39 is 0 Å². The SMILES string of the molecule is COC1COCCC1N(C)C1CCN(C(=O)c2ncnc(NC[C@H]3CCC[C@@H](C)C3)c2C)CC1. The Balaban J connectivity index is 1.32. The van der Waals surface area contributed by atoms with Crippen molar-refractivity contribution >= 4 is 11.7 Å². The van der Waals surface area contributed by atoms with Gasteiger partial charge >= 0.3 is 0 Å². The fraction of sp³-hybridized carbons (Fsp3) is 0.808. The zero-order valence-electron chi connectivity index (χ0n) is 21.5. The molecule has 1 aliphatic carbocycles. The Labute approximate surface area is 204 Å². The summed E-state index contributed by atoms with van der Waals surface area (Å²) in [6, 6.07) is 0.822. The standard InChI is InChI=1S/C26H43N5O3/c1-18-6-5-7-20(14-18)15-27-25-19(2)24(28-17-29-25)26(32)31-11-8-21(9-12-31)30(3)22-10-13-34-16-23(22)33-4/h17-18,20-23H,5-16H2,1-4H3,(H,27,28,29)/t18-,20+,22?,23?/m1/s1. The van der Waals surface area contributed by atoms with Crippen LogP contribution in [-0.2, 0) is 9.47 Å². The van der Waals surface area contributed by atoms with Gasteiger partial charge < -0.3 is 19.7 Å². The van der Waals surface area contributed by atoms with E-state index in [0.29, 0.717) is 30.3 Å². The van der Waals surface area contributed by atoms with Gasteiger partial charge in [-0.25, -0.2) is 9.97 Å². The highest BCUT2D eigenvalue weighted by molar-refractivity contribution is 5.94. The van der Waals surface area contributed by atoms with Crippen molar-refractivity contribution in [2.24, 2.45) is 11.8 Å². The monoisotopic (exact) mass is 473 g/mol. The number of likely N-dealkylation sites (N-methyl/N-ethyl adjacent to an activating group) is 1. The van der Waals surface area contributed by atoms with Gasteiger partial charge in [-0.1, -0.05) is 19.8 Å². The number of methoxy groups -OCH3 is 1. The molecule has 0 aromatic carbocycles. The molecular formula is C26H43N5O3. The molecule has 1 aromatic rings. The second kappa shape index (κ2) is 11.8. The number of hydrogen-bond acceptors (Lipinski definition) is 7. The highest BCUT2D eigenvalue weighted by Crippen LogP contribution is 2.29. The molecule has 4 atom stereocenters. The Kier molecular flexibility index (Phi) is 8.77. The molecule has 34 heavy (non-hydrogen) atoms. The Morgan fingerprint density at radius 2 is 2.03 bits per heavy atom. The number of nitrogens with one attached hydrogen (secondary N) is 1. The van der Waals surface area contributed by atoms with E-state index in [-0.39, 0.29) is 12.0 Å². The third-order valence-corrected chi connectivity index (χ3v) is 8.31. The lowest BCUT2D eigenvalue weighted by Crippen LogP contribution is -2.54. The maximum atomic E-state index is 13.4. The molecule has 1 saturated carbocycles. The predicted octanol–water partition coefficient (Wildman–Crippen LogP) is 3.36. The zero-order valence-corrected chi connectivity index (χ0v) is 21.5. The van der Waals surface area contributed by atoms with E-state index >= 15 is 0 Å². The smallest absolute Gasteiger partial charge is 0.272 e. The number of hydrogen-bond donors (Lipinski definition) is 1. The first-order valence-corrected chi connectivity index (χ1v) is 13.1. The molecule has 1 aromatic heterocycles.